The zero-order valence-electron chi connectivity index (χ0n) is 20.0. The highest BCUT2D eigenvalue weighted by Crippen LogP contribution is 2.28. The number of ether oxygens (including phenoxy) is 1. The summed E-state index contributed by atoms with van der Waals surface area (Å²) in [6.45, 7) is 3.35. The van der Waals surface area contributed by atoms with Gasteiger partial charge in [-0.2, -0.15) is 0 Å². The molecule has 1 amide bonds. The molecule has 0 aliphatic carbocycles. The van der Waals surface area contributed by atoms with Crippen molar-refractivity contribution in [1.82, 2.24) is 14.8 Å². The van der Waals surface area contributed by atoms with Crippen LogP contribution >= 0.6 is 0 Å². The van der Waals surface area contributed by atoms with E-state index in [0.717, 1.165) is 68.6 Å². The van der Waals surface area contributed by atoms with Crippen molar-refractivity contribution in [2.45, 2.75) is 44.2 Å². The number of likely N-dealkylation sites (tertiary alicyclic amines) is 1. The van der Waals surface area contributed by atoms with Crippen LogP contribution in [-0.4, -0.2) is 78.3 Å². The Kier molecular flexibility index (Phi) is 7.80. The van der Waals surface area contributed by atoms with Crippen LogP contribution in [0.4, 0.5) is 10.6 Å². The van der Waals surface area contributed by atoms with E-state index in [2.05, 4.69) is 14.8 Å². The first-order valence-corrected chi connectivity index (χ1v) is 12.0. The molecule has 1 saturated heterocycles. The second kappa shape index (κ2) is 11.0. The Labute approximate surface area is 201 Å². The predicted octanol–water partition coefficient (Wildman–Crippen LogP) is 3.37. The van der Waals surface area contributed by atoms with Gasteiger partial charge in [-0.1, -0.05) is 36.4 Å². The second-order valence-electron chi connectivity index (χ2n) is 9.17. The summed E-state index contributed by atoms with van der Waals surface area (Å²) < 4.78 is 5.11. The van der Waals surface area contributed by atoms with E-state index in [4.69, 9.17) is 4.74 Å². The number of carbonyl (C=O) groups is 2. The highest BCUT2D eigenvalue weighted by molar-refractivity contribution is 5.86. The number of pyridine rings is 1. The number of aromatic nitrogens is 1. The summed E-state index contributed by atoms with van der Waals surface area (Å²) in [6, 6.07) is 13.7. The van der Waals surface area contributed by atoms with Crippen LogP contribution in [0.25, 0.3) is 0 Å². The first-order chi connectivity index (χ1) is 16.5. The van der Waals surface area contributed by atoms with E-state index in [0.29, 0.717) is 12.4 Å². The number of esters is 1. The molecule has 3 heterocycles. The van der Waals surface area contributed by atoms with E-state index in [1.54, 1.807) is 0 Å². The van der Waals surface area contributed by atoms with Gasteiger partial charge in [-0.05, 0) is 69.4 Å². The Balaban J connectivity index is 1.32. The zero-order chi connectivity index (χ0) is 24.1. The Hall–Kier alpha value is -2.97. The molecule has 1 aromatic carbocycles. The number of carbonyl (C=O) groups excluding carboxylic acids is 1. The normalized spacial score (nSPS) is 19.1. The molecule has 1 unspecified atom stereocenters. The first kappa shape index (κ1) is 24.2. The van der Waals surface area contributed by atoms with Crippen molar-refractivity contribution < 1.29 is 19.4 Å². The number of fused-ring (bicyclic) bond motifs is 1. The van der Waals surface area contributed by atoms with Gasteiger partial charge in [0.05, 0.1) is 7.11 Å². The van der Waals surface area contributed by atoms with Gasteiger partial charge >= 0.3 is 12.1 Å². The minimum absolute atomic E-state index is 0.235. The summed E-state index contributed by atoms with van der Waals surface area (Å²) in [5.74, 6) is 0.370. The Morgan fingerprint density at radius 2 is 2.00 bits per heavy atom. The van der Waals surface area contributed by atoms with Crippen LogP contribution in [0, 0.1) is 0 Å². The molecule has 0 radical (unpaired) electrons. The second-order valence-corrected chi connectivity index (χ2v) is 9.17. The van der Waals surface area contributed by atoms with Gasteiger partial charge in [0.2, 0.25) is 0 Å². The fourth-order valence-electron chi connectivity index (χ4n) is 5.13. The minimum Gasteiger partial charge on any atom is -0.468 e. The van der Waals surface area contributed by atoms with Crippen LogP contribution in [0.3, 0.4) is 0 Å². The Morgan fingerprint density at radius 3 is 2.74 bits per heavy atom. The maximum Gasteiger partial charge on any atom is 0.413 e. The van der Waals surface area contributed by atoms with Crippen molar-refractivity contribution in [2.75, 3.05) is 45.2 Å². The van der Waals surface area contributed by atoms with Gasteiger partial charge in [-0.15, -0.1) is 0 Å². The van der Waals surface area contributed by atoms with Crippen molar-refractivity contribution >= 4 is 17.9 Å². The summed E-state index contributed by atoms with van der Waals surface area (Å²) >= 11 is 0. The standard InChI is InChI=1S/C26H34N4O4/c1-28(23(25(31)34-2)19-8-4-3-5-9-19)22-14-17-29(18-22)15-7-11-21-13-12-20-10-6-16-30(26(32)33)24(20)27-21/h3-5,8-9,12-13,22-23H,6-7,10-11,14-18H2,1-2H3,(H,32,33)/t22-,23?/m0/s1. The molecule has 1 N–H and O–H groups in total. The molecule has 0 spiro atoms. The van der Waals surface area contributed by atoms with Crippen molar-refractivity contribution in [3.05, 3.63) is 59.3 Å². The van der Waals surface area contributed by atoms with E-state index in [1.807, 2.05) is 49.5 Å². The fraction of sp³-hybridized carbons (Fsp3) is 0.500. The van der Waals surface area contributed by atoms with Crippen LogP contribution in [-0.2, 0) is 22.4 Å². The molecular weight excluding hydrogens is 432 g/mol. The van der Waals surface area contributed by atoms with E-state index in [1.165, 1.54) is 12.0 Å². The molecule has 8 nitrogen and oxygen atoms in total. The van der Waals surface area contributed by atoms with Gasteiger partial charge in [-0.25, -0.2) is 14.6 Å². The number of rotatable bonds is 8. The van der Waals surface area contributed by atoms with Gasteiger partial charge in [-0.3, -0.25) is 9.80 Å². The van der Waals surface area contributed by atoms with Crippen LogP contribution in [0.2, 0.25) is 0 Å². The third-order valence-corrected chi connectivity index (χ3v) is 7.01. The van der Waals surface area contributed by atoms with Crippen LogP contribution in [0.1, 0.15) is 42.1 Å². The molecule has 34 heavy (non-hydrogen) atoms. The summed E-state index contributed by atoms with van der Waals surface area (Å²) in [5.41, 5.74) is 2.90. The number of benzene rings is 1. The highest BCUT2D eigenvalue weighted by Gasteiger charge is 2.34. The van der Waals surface area contributed by atoms with Gasteiger partial charge in [0.1, 0.15) is 11.9 Å². The predicted molar refractivity (Wildman–Crippen MR) is 130 cm³/mol. The molecule has 182 valence electrons. The lowest BCUT2D eigenvalue weighted by Crippen LogP contribution is -2.41. The Morgan fingerprint density at radius 1 is 1.21 bits per heavy atom. The molecule has 1 aromatic heterocycles. The van der Waals surface area contributed by atoms with E-state index in [-0.39, 0.29) is 12.0 Å². The third-order valence-electron chi connectivity index (χ3n) is 7.01. The summed E-state index contributed by atoms with van der Waals surface area (Å²) in [4.78, 5) is 34.7. The molecule has 4 rings (SSSR count). The quantitative estimate of drug-likeness (QED) is 0.597. The summed E-state index contributed by atoms with van der Waals surface area (Å²) in [7, 11) is 3.45. The fourth-order valence-corrected chi connectivity index (χ4v) is 5.13. The van der Waals surface area contributed by atoms with Crippen molar-refractivity contribution in [3.8, 4) is 0 Å². The van der Waals surface area contributed by atoms with Crippen molar-refractivity contribution in [1.29, 1.82) is 0 Å². The Bertz CT molecular complexity index is 1000. The average molecular weight is 467 g/mol. The molecule has 8 heteroatoms. The number of hydrogen-bond donors (Lipinski definition) is 1. The van der Waals surface area contributed by atoms with E-state index < -0.39 is 12.1 Å². The van der Waals surface area contributed by atoms with Crippen LogP contribution < -0.4 is 4.90 Å². The third kappa shape index (κ3) is 5.39. The largest absolute Gasteiger partial charge is 0.468 e. The molecule has 2 aromatic rings. The number of anilines is 1. The highest BCUT2D eigenvalue weighted by atomic mass is 16.5. The number of methoxy groups -OCH3 is 1. The lowest BCUT2D eigenvalue weighted by Gasteiger charge is -2.31. The van der Waals surface area contributed by atoms with Gasteiger partial charge in [0.15, 0.2) is 0 Å². The lowest BCUT2D eigenvalue weighted by molar-refractivity contribution is -0.147. The number of likely N-dealkylation sites (N-methyl/N-ethyl adjacent to an activating group) is 1. The van der Waals surface area contributed by atoms with Gasteiger partial charge in [0, 0.05) is 24.8 Å². The number of carboxylic acid groups (broad SMARTS) is 1. The average Bonchev–Trinajstić information content (AvgIpc) is 3.33. The molecule has 0 saturated carbocycles. The topological polar surface area (TPSA) is 86.2 Å². The van der Waals surface area contributed by atoms with Crippen LogP contribution in [0.5, 0.6) is 0 Å². The van der Waals surface area contributed by atoms with E-state index in [9.17, 15) is 14.7 Å². The number of aryl methyl sites for hydroxylation is 2. The lowest BCUT2D eigenvalue weighted by atomic mass is 10.0. The molecular formula is C26H34N4O4. The van der Waals surface area contributed by atoms with Crippen molar-refractivity contribution in [2.24, 2.45) is 0 Å². The van der Waals surface area contributed by atoms with Crippen molar-refractivity contribution in [3.63, 3.8) is 0 Å². The minimum atomic E-state index is -0.932. The smallest absolute Gasteiger partial charge is 0.413 e. The number of nitrogens with zero attached hydrogens (tertiary/aromatic N) is 4. The van der Waals surface area contributed by atoms with Gasteiger partial charge in [0.25, 0.3) is 0 Å². The first-order valence-electron chi connectivity index (χ1n) is 12.0. The summed E-state index contributed by atoms with van der Waals surface area (Å²) in [6.07, 6.45) is 3.55. The monoisotopic (exact) mass is 466 g/mol. The SMILES string of the molecule is COC(=O)C(c1ccccc1)N(C)[C@H]1CCN(CCCc2ccc3c(n2)N(C(=O)O)CCC3)C1. The maximum absolute atomic E-state index is 12.6. The maximum atomic E-state index is 12.6. The number of amides is 1. The molecule has 0 bridgehead atoms. The van der Waals surface area contributed by atoms with Gasteiger partial charge < -0.3 is 14.7 Å². The van der Waals surface area contributed by atoms with Crippen LogP contribution in [0.15, 0.2) is 42.5 Å². The molecule has 2 atom stereocenters. The number of hydrogen-bond acceptors (Lipinski definition) is 6. The molecule has 2 aliphatic heterocycles. The summed E-state index contributed by atoms with van der Waals surface area (Å²) in [5, 5.41) is 9.47. The van der Waals surface area contributed by atoms with E-state index >= 15 is 0 Å². The zero-order valence-corrected chi connectivity index (χ0v) is 20.0. The molecule has 1 fully saturated rings. The molecule has 2 aliphatic rings.